The van der Waals surface area contributed by atoms with Crippen LogP contribution in [0.4, 0.5) is 0 Å². The Morgan fingerprint density at radius 3 is 2.80 bits per heavy atom. The van der Waals surface area contributed by atoms with Gasteiger partial charge in [0.2, 0.25) is 0 Å². The first-order valence-electron chi connectivity index (χ1n) is 10.2. The highest BCUT2D eigenvalue weighted by Gasteiger charge is 2.20. The molecule has 150 valence electrons. The Kier molecular flexibility index (Phi) is 4.60. The van der Waals surface area contributed by atoms with Crippen LogP contribution in [-0.2, 0) is 4.79 Å². The summed E-state index contributed by atoms with van der Waals surface area (Å²) >= 11 is 0. The van der Waals surface area contributed by atoms with E-state index in [4.69, 9.17) is 0 Å². The Morgan fingerprint density at radius 2 is 1.97 bits per heavy atom. The van der Waals surface area contributed by atoms with Gasteiger partial charge in [-0.05, 0) is 67.0 Å². The fourth-order valence-corrected chi connectivity index (χ4v) is 4.03. The lowest BCUT2D eigenvalue weighted by Gasteiger charge is -2.26. The molecule has 0 aromatic carbocycles. The molecule has 1 amide bonds. The van der Waals surface area contributed by atoms with Gasteiger partial charge in [0.05, 0.1) is 5.69 Å². The molecule has 0 spiro atoms. The molecule has 0 saturated carbocycles. The van der Waals surface area contributed by atoms with E-state index in [1.54, 1.807) is 11.0 Å². The lowest BCUT2D eigenvalue weighted by atomic mass is 9.97. The maximum absolute atomic E-state index is 13.2. The average Bonchev–Trinajstić information content (AvgIpc) is 3.11. The number of imidazole rings is 1. The van der Waals surface area contributed by atoms with Crippen LogP contribution in [0.2, 0.25) is 0 Å². The number of carbonyl (C=O) groups is 1. The monoisotopic (exact) mass is 396 g/mol. The van der Waals surface area contributed by atoms with Gasteiger partial charge in [-0.25, -0.2) is 4.98 Å². The third-order valence-corrected chi connectivity index (χ3v) is 5.73. The zero-order valence-corrected chi connectivity index (χ0v) is 17.2. The molecule has 3 aliphatic heterocycles. The molecule has 2 aromatic rings. The van der Waals surface area contributed by atoms with Crippen molar-refractivity contribution >= 4 is 17.1 Å². The highest BCUT2D eigenvalue weighted by atomic mass is 16.2. The molecule has 0 aliphatic carbocycles. The van der Waals surface area contributed by atoms with Crippen molar-refractivity contribution in [2.75, 3.05) is 20.1 Å². The van der Waals surface area contributed by atoms with Crippen LogP contribution in [0.3, 0.4) is 0 Å². The minimum Gasteiger partial charge on any atom is -0.306 e. The third-order valence-electron chi connectivity index (χ3n) is 5.73. The summed E-state index contributed by atoms with van der Waals surface area (Å²) in [5.74, 6) is -0.0261. The van der Waals surface area contributed by atoms with Crippen LogP contribution in [-0.4, -0.2) is 45.2 Å². The van der Waals surface area contributed by atoms with Crippen LogP contribution in [0.1, 0.15) is 17.7 Å². The molecule has 30 heavy (non-hydrogen) atoms. The van der Waals surface area contributed by atoms with E-state index in [-0.39, 0.29) is 5.91 Å². The molecular weight excluding hydrogens is 372 g/mol. The normalized spacial score (nSPS) is 22.5. The second-order valence-electron chi connectivity index (χ2n) is 7.98. The van der Waals surface area contributed by atoms with Gasteiger partial charge >= 0.3 is 0 Å². The molecule has 5 rings (SSSR count). The molecule has 0 N–H and O–H groups in total. The first-order valence-corrected chi connectivity index (χ1v) is 10.2. The molecule has 0 atom stereocenters. The standard InChI is InChI=1S/C25H24N4O/c1-18-15-28-16-21(7-9-24(28)26-18)22-6-8-23-5-3-4-20(14-25(30)29(23)17-22)19-10-12-27(2)13-11-19/h3-10,14-17H,11-13H2,1-2H3/b4-3+,20-14+,23-5?. The fourth-order valence-electron chi connectivity index (χ4n) is 4.03. The summed E-state index contributed by atoms with van der Waals surface area (Å²) in [6, 6.07) is 4.05. The van der Waals surface area contributed by atoms with Gasteiger partial charge in [0.1, 0.15) is 5.65 Å². The van der Waals surface area contributed by atoms with E-state index in [0.717, 1.165) is 53.3 Å². The first kappa shape index (κ1) is 18.6. The van der Waals surface area contributed by atoms with Crippen LogP contribution in [0, 0.1) is 6.92 Å². The maximum atomic E-state index is 13.2. The Hall–Kier alpha value is -3.44. The van der Waals surface area contributed by atoms with E-state index >= 15 is 0 Å². The lowest BCUT2D eigenvalue weighted by molar-refractivity contribution is -0.122. The Bertz CT molecular complexity index is 1220. The van der Waals surface area contributed by atoms with Crippen molar-refractivity contribution in [3.8, 4) is 0 Å². The van der Waals surface area contributed by atoms with Gasteiger partial charge in [-0.1, -0.05) is 24.3 Å². The van der Waals surface area contributed by atoms with E-state index in [1.165, 1.54) is 5.57 Å². The van der Waals surface area contributed by atoms with Crippen molar-refractivity contribution in [1.82, 2.24) is 19.2 Å². The number of hydrogen-bond acceptors (Lipinski definition) is 3. The van der Waals surface area contributed by atoms with Crippen LogP contribution < -0.4 is 0 Å². The number of aryl methyl sites for hydroxylation is 1. The molecule has 0 bridgehead atoms. The minimum absolute atomic E-state index is 0.0261. The molecule has 5 heterocycles. The van der Waals surface area contributed by atoms with Crippen molar-refractivity contribution in [1.29, 1.82) is 0 Å². The van der Waals surface area contributed by atoms with Gasteiger partial charge in [0.15, 0.2) is 0 Å². The van der Waals surface area contributed by atoms with E-state index in [9.17, 15) is 4.79 Å². The second-order valence-corrected chi connectivity index (χ2v) is 7.98. The number of nitrogens with zero attached hydrogens (tertiary/aromatic N) is 4. The number of hydrogen-bond donors (Lipinski definition) is 0. The molecule has 5 nitrogen and oxygen atoms in total. The van der Waals surface area contributed by atoms with Crippen molar-refractivity contribution in [3.05, 3.63) is 101 Å². The van der Waals surface area contributed by atoms with Crippen LogP contribution in [0.5, 0.6) is 0 Å². The highest BCUT2D eigenvalue weighted by molar-refractivity contribution is 5.95. The molecule has 0 fully saturated rings. The smallest absolute Gasteiger partial charge is 0.255 e. The topological polar surface area (TPSA) is 40.9 Å². The largest absolute Gasteiger partial charge is 0.306 e. The van der Waals surface area contributed by atoms with Crippen molar-refractivity contribution in [3.63, 3.8) is 0 Å². The summed E-state index contributed by atoms with van der Waals surface area (Å²) < 4.78 is 2.02. The summed E-state index contributed by atoms with van der Waals surface area (Å²) in [7, 11) is 2.12. The lowest BCUT2D eigenvalue weighted by Crippen LogP contribution is -2.27. The van der Waals surface area contributed by atoms with Gasteiger partial charge in [0.25, 0.3) is 5.91 Å². The van der Waals surface area contributed by atoms with Gasteiger partial charge in [-0.2, -0.15) is 0 Å². The van der Waals surface area contributed by atoms with Crippen molar-refractivity contribution in [2.24, 2.45) is 0 Å². The first-order chi connectivity index (χ1) is 14.6. The third kappa shape index (κ3) is 3.48. The number of allylic oxidation sites excluding steroid dienone is 7. The maximum Gasteiger partial charge on any atom is 0.255 e. The van der Waals surface area contributed by atoms with Crippen LogP contribution >= 0.6 is 0 Å². The number of pyridine rings is 1. The molecule has 2 aromatic heterocycles. The predicted molar refractivity (Wildman–Crippen MR) is 119 cm³/mol. The van der Waals surface area contributed by atoms with E-state index in [0.29, 0.717) is 0 Å². The van der Waals surface area contributed by atoms with E-state index in [2.05, 4.69) is 35.3 Å². The van der Waals surface area contributed by atoms with Gasteiger partial charge in [-0.3, -0.25) is 9.69 Å². The SMILES string of the molecule is Cc1cn2cc(C3=CN4C(=O)/C=C(C5=CCN(C)CC5)\C=C\C=C4C=C3)ccc2n1. The number of carbonyl (C=O) groups excluding carboxylic acids is 1. The number of fused-ring (bicyclic) bond motifs is 2. The summed E-state index contributed by atoms with van der Waals surface area (Å²) in [4.78, 5) is 21.7. The molecule has 0 radical (unpaired) electrons. The Labute approximate surface area is 176 Å². The minimum atomic E-state index is -0.0261. The molecule has 0 unspecified atom stereocenters. The number of likely N-dealkylation sites (N-methyl/N-ethyl adjacent to an activating group) is 1. The van der Waals surface area contributed by atoms with Gasteiger partial charge in [0, 0.05) is 43.5 Å². The van der Waals surface area contributed by atoms with Crippen LogP contribution in [0.25, 0.3) is 11.2 Å². The van der Waals surface area contributed by atoms with Gasteiger partial charge < -0.3 is 9.30 Å². The van der Waals surface area contributed by atoms with Crippen LogP contribution in [0.15, 0.2) is 90.1 Å². The number of rotatable bonds is 2. The van der Waals surface area contributed by atoms with Gasteiger partial charge in [-0.15, -0.1) is 0 Å². The fraction of sp³-hybridized carbons (Fsp3) is 0.200. The summed E-state index contributed by atoms with van der Waals surface area (Å²) in [5, 5.41) is 0. The zero-order valence-electron chi connectivity index (χ0n) is 17.2. The summed E-state index contributed by atoms with van der Waals surface area (Å²) in [6.07, 6.45) is 21.0. The summed E-state index contributed by atoms with van der Waals surface area (Å²) in [6.45, 7) is 3.92. The van der Waals surface area contributed by atoms with E-state index in [1.807, 2.05) is 60.2 Å². The average molecular weight is 396 g/mol. The zero-order chi connectivity index (χ0) is 20.7. The van der Waals surface area contributed by atoms with Crippen molar-refractivity contribution < 1.29 is 4.79 Å². The number of aromatic nitrogens is 2. The molecule has 5 heteroatoms. The predicted octanol–water partition coefficient (Wildman–Crippen LogP) is 4.02. The quantitative estimate of drug-likeness (QED) is 0.770. The molecule has 0 saturated heterocycles. The second kappa shape index (κ2) is 7.43. The van der Waals surface area contributed by atoms with E-state index < -0.39 is 0 Å². The Balaban J connectivity index is 1.49. The highest BCUT2D eigenvalue weighted by Crippen LogP contribution is 2.28. The Morgan fingerprint density at radius 1 is 1.07 bits per heavy atom. The van der Waals surface area contributed by atoms with Crippen molar-refractivity contribution in [2.45, 2.75) is 13.3 Å². The summed E-state index contributed by atoms with van der Waals surface area (Å²) in [5.41, 5.74) is 7.05. The molecular formula is C25H24N4O. The molecule has 3 aliphatic rings. The number of amides is 1.